The Morgan fingerprint density at radius 3 is 1.61 bits per heavy atom. The molecule has 0 aliphatic heterocycles. The molecule has 1 saturated carbocycles. The van der Waals surface area contributed by atoms with Crippen molar-refractivity contribution in [1.29, 1.82) is 0 Å². The second-order valence-corrected chi connectivity index (χ2v) is 5.77. The molecule has 1 aliphatic carbocycles. The molecule has 102 valence electrons. The molecular formula is C8H10F5KO3S. The Hall–Kier alpha value is 1.20. The fraction of sp³-hybridized carbons (Fsp3) is 1.00. The fourth-order valence-corrected chi connectivity index (χ4v) is 3.32. The van der Waals surface area contributed by atoms with E-state index in [2.05, 4.69) is 0 Å². The maximum Gasteiger partial charge on any atom is 1.00 e. The molecule has 0 aromatic carbocycles. The summed E-state index contributed by atoms with van der Waals surface area (Å²) >= 11 is 0. The van der Waals surface area contributed by atoms with Crippen LogP contribution < -0.4 is 51.4 Å². The van der Waals surface area contributed by atoms with Crippen molar-refractivity contribution < 1.29 is 86.3 Å². The van der Waals surface area contributed by atoms with Gasteiger partial charge in [-0.05, 0) is 12.8 Å². The summed E-state index contributed by atoms with van der Waals surface area (Å²) in [5, 5.41) is 0. The third kappa shape index (κ3) is 3.09. The van der Waals surface area contributed by atoms with Crippen molar-refractivity contribution in [2.75, 3.05) is 0 Å². The minimum atomic E-state index is -6.04. The van der Waals surface area contributed by atoms with E-state index in [1.807, 2.05) is 0 Å². The molecule has 1 rings (SSSR count). The zero-order chi connectivity index (χ0) is 13.5. The molecule has 0 amide bonds. The average molecular weight is 320 g/mol. The van der Waals surface area contributed by atoms with Gasteiger partial charge >= 0.3 is 63.5 Å². The number of halogens is 5. The predicted molar refractivity (Wildman–Crippen MR) is 46.5 cm³/mol. The van der Waals surface area contributed by atoms with Crippen molar-refractivity contribution >= 4 is 10.1 Å². The van der Waals surface area contributed by atoms with E-state index in [0.717, 1.165) is 0 Å². The van der Waals surface area contributed by atoms with Gasteiger partial charge in [0.15, 0.2) is 0 Å². The summed E-state index contributed by atoms with van der Waals surface area (Å²) in [7, 11) is -5.75. The van der Waals surface area contributed by atoms with Crippen molar-refractivity contribution in [3.63, 3.8) is 0 Å². The summed E-state index contributed by atoms with van der Waals surface area (Å²) in [6.07, 6.45) is -7.87. The van der Waals surface area contributed by atoms with Crippen molar-refractivity contribution in [3.05, 3.63) is 0 Å². The van der Waals surface area contributed by atoms with E-state index in [1.165, 1.54) is 0 Å². The average Bonchev–Trinajstić information content (AvgIpc) is 2.15. The summed E-state index contributed by atoms with van der Waals surface area (Å²) in [6.45, 7) is 0. The number of hydrogen-bond acceptors (Lipinski definition) is 3. The van der Waals surface area contributed by atoms with Gasteiger partial charge in [0.05, 0.1) is 0 Å². The minimum Gasteiger partial charge on any atom is -0.747 e. The van der Waals surface area contributed by atoms with E-state index in [9.17, 15) is 34.9 Å². The quantitative estimate of drug-likeness (QED) is 0.389. The van der Waals surface area contributed by atoms with E-state index in [4.69, 9.17) is 0 Å². The van der Waals surface area contributed by atoms with Crippen LogP contribution in [-0.2, 0) is 10.1 Å². The smallest absolute Gasteiger partial charge is 0.747 e. The van der Waals surface area contributed by atoms with Gasteiger partial charge in [0.25, 0.3) is 0 Å². The summed E-state index contributed by atoms with van der Waals surface area (Å²) in [5.41, 5.74) is 0. The SMILES string of the molecule is O=S(=O)([O-])C1(C(F)(F)C(F)(F)F)CCCCC1.[K+]. The van der Waals surface area contributed by atoms with Crippen LogP contribution in [0.3, 0.4) is 0 Å². The van der Waals surface area contributed by atoms with Gasteiger partial charge in [-0.15, -0.1) is 0 Å². The molecule has 0 bridgehead atoms. The fourth-order valence-electron chi connectivity index (χ4n) is 2.10. The summed E-state index contributed by atoms with van der Waals surface area (Å²) in [4.78, 5) is 0. The molecule has 0 N–H and O–H groups in total. The molecule has 0 saturated heterocycles. The Balaban J connectivity index is 0.00000289. The van der Waals surface area contributed by atoms with E-state index >= 15 is 0 Å². The van der Waals surface area contributed by atoms with Gasteiger partial charge in [-0.3, -0.25) is 0 Å². The molecule has 0 unspecified atom stereocenters. The number of rotatable bonds is 2. The topological polar surface area (TPSA) is 57.2 Å². The summed E-state index contributed by atoms with van der Waals surface area (Å²) < 4.78 is 92.3. The van der Waals surface area contributed by atoms with Gasteiger partial charge in [0, 0.05) is 0 Å². The van der Waals surface area contributed by atoms with Gasteiger partial charge in [-0.1, -0.05) is 19.3 Å². The van der Waals surface area contributed by atoms with E-state index < -0.39 is 39.8 Å². The van der Waals surface area contributed by atoms with Crippen LogP contribution in [0.15, 0.2) is 0 Å². The van der Waals surface area contributed by atoms with E-state index in [1.54, 1.807) is 0 Å². The Morgan fingerprint density at radius 1 is 0.944 bits per heavy atom. The molecule has 1 fully saturated rings. The van der Waals surface area contributed by atoms with Gasteiger partial charge in [-0.25, -0.2) is 8.42 Å². The first kappa shape index (κ1) is 19.2. The largest absolute Gasteiger partial charge is 1.00 e. The Bertz CT molecular complexity index is 386. The molecule has 0 aromatic rings. The standard InChI is InChI=1S/C8H11F5O3S.K/c9-7(10,8(11,12)13)6(17(14,15)16)4-2-1-3-5-6;/h1-5H2,(H,14,15,16);/q;+1/p-1. The van der Waals surface area contributed by atoms with E-state index in [-0.39, 0.29) is 64.2 Å². The van der Waals surface area contributed by atoms with Crippen molar-refractivity contribution in [2.45, 2.75) is 48.9 Å². The molecule has 0 heterocycles. The molecule has 10 heteroatoms. The second-order valence-electron chi connectivity index (χ2n) is 4.08. The van der Waals surface area contributed by atoms with Crippen LogP contribution in [0.5, 0.6) is 0 Å². The van der Waals surface area contributed by atoms with Gasteiger partial charge in [0.2, 0.25) is 0 Å². The Kier molecular flexibility index (Phi) is 6.29. The number of hydrogen-bond donors (Lipinski definition) is 0. The minimum absolute atomic E-state index is 0. The van der Waals surface area contributed by atoms with E-state index in [0.29, 0.717) is 6.42 Å². The maximum atomic E-state index is 13.3. The molecular weight excluding hydrogens is 310 g/mol. The zero-order valence-corrected chi connectivity index (χ0v) is 13.5. The third-order valence-electron chi connectivity index (χ3n) is 3.07. The zero-order valence-electron chi connectivity index (χ0n) is 9.56. The molecule has 0 radical (unpaired) electrons. The van der Waals surface area contributed by atoms with Crippen LogP contribution in [0, 0.1) is 0 Å². The maximum absolute atomic E-state index is 13.3. The van der Waals surface area contributed by atoms with Gasteiger partial charge in [0.1, 0.15) is 14.9 Å². The Labute approximate surface area is 144 Å². The monoisotopic (exact) mass is 320 g/mol. The third-order valence-corrected chi connectivity index (χ3v) is 4.69. The first-order valence-corrected chi connectivity index (χ1v) is 6.26. The Morgan fingerprint density at radius 2 is 1.33 bits per heavy atom. The molecule has 18 heavy (non-hydrogen) atoms. The van der Waals surface area contributed by atoms with Crippen LogP contribution in [0.25, 0.3) is 0 Å². The van der Waals surface area contributed by atoms with Crippen LogP contribution >= 0.6 is 0 Å². The van der Waals surface area contributed by atoms with Crippen LogP contribution in [0.4, 0.5) is 22.0 Å². The molecule has 1 aliphatic rings. The van der Waals surface area contributed by atoms with Gasteiger partial charge in [-0.2, -0.15) is 22.0 Å². The predicted octanol–water partition coefficient (Wildman–Crippen LogP) is -0.564. The van der Waals surface area contributed by atoms with Crippen LogP contribution in [-0.4, -0.2) is 29.8 Å². The first-order chi connectivity index (χ1) is 7.46. The summed E-state index contributed by atoms with van der Waals surface area (Å²) in [6, 6.07) is 0. The van der Waals surface area contributed by atoms with Crippen molar-refractivity contribution in [1.82, 2.24) is 0 Å². The normalized spacial score (nSPS) is 21.2. The van der Waals surface area contributed by atoms with Crippen LogP contribution in [0.2, 0.25) is 0 Å². The first-order valence-electron chi connectivity index (χ1n) is 4.86. The van der Waals surface area contributed by atoms with Crippen molar-refractivity contribution in [2.24, 2.45) is 0 Å². The second kappa shape index (κ2) is 5.90. The molecule has 0 atom stereocenters. The van der Waals surface area contributed by atoms with Crippen LogP contribution in [0.1, 0.15) is 32.1 Å². The molecule has 0 aromatic heterocycles. The molecule has 0 spiro atoms. The number of alkyl halides is 5. The summed E-state index contributed by atoms with van der Waals surface area (Å²) in [5.74, 6) is -5.51. The van der Waals surface area contributed by atoms with Crippen molar-refractivity contribution in [3.8, 4) is 0 Å². The molecule has 3 nitrogen and oxygen atoms in total. The van der Waals surface area contributed by atoms with Gasteiger partial charge < -0.3 is 4.55 Å².